The molecule has 2 radical (unpaired) electrons. The summed E-state index contributed by atoms with van der Waals surface area (Å²) in [7, 11) is 6.08. The second kappa shape index (κ2) is 9.85. The Morgan fingerprint density at radius 2 is 1.94 bits per heavy atom. The molecule has 1 fully saturated rings. The van der Waals surface area contributed by atoms with Crippen LogP contribution in [0.25, 0.3) is 16.9 Å². The van der Waals surface area contributed by atoms with Gasteiger partial charge in [-0.25, -0.2) is 4.98 Å². The Kier molecular flexibility index (Phi) is 6.62. The van der Waals surface area contributed by atoms with Crippen LogP contribution in [0.4, 0.5) is 19.0 Å². The number of fused-ring (bicyclic) bond motifs is 1. The van der Waals surface area contributed by atoms with Crippen LogP contribution in [0.3, 0.4) is 0 Å². The molecule has 5 rings (SSSR count). The van der Waals surface area contributed by atoms with Crippen LogP contribution in [0.1, 0.15) is 24.0 Å². The van der Waals surface area contributed by atoms with E-state index in [-0.39, 0.29) is 5.75 Å². The number of likely N-dealkylation sites (tertiary alicyclic amines) is 1. The Morgan fingerprint density at radius 1 is 1.11 bits per heavy atom. The van der Waals surface area contributed by atoms with Crippen molar-refractivity contribution >= 4 is 24.8 Å². The van der Waals surface area contributed by atoms with Gasteiger partial charge in [-0.1, -0.05) is 30.3 Å². The summed E-state index contributed by atoms with van der Waals surface area (Å²) in [6.07, 6.45) is -0.826. The van der Waals surface area contributed by atoms with Gasteiger partial charge in [-0.2, -0.15) is 22.8 Å². The van der Waals surface area contributed by atoms with Gasteiger partial charge in [0.25, 0.3) is 0 Å². The molecular weight excluding hydrogens is 466 g/mol. The van der Waals surface area contributed by atoms with Gasteiger partial charge in [-0.05, 0) is 54.5 Å². The highest BCUT2D eigenvalue weighted by Crippen LogP contribution is 2.31. The molecule has 2 aromatic carbocycles. The summed E-state index contributed by atoms with van der Waals surface area (Å²) in [5.74, 6) is 1.12. The number of anilines is 1. The number of phenolic OH excluding ortho intramolecular Hbond substituents is 1. The van der Waals surface area contributed by atoms with Crippen molar-refractivity contribution in [1.29, 1.82) is 0 Å². The molecule has 0 amide bonds. The van der Waals surface area contributed by atoms with E-state index in [4.69, 9.17) is 7.85 Å². The fourth-order valence-electron chi connectivity index (χ4n) is 4.75. The normalized spacial score (nSPS) is 16.9. The predicted molar refractivity (Wildman–Crippen MR) is 133 cm³/mol. The molecule has 36 heavy (non-hydrogen) atoms. The zero-order valence-electron chi connectivity index (χ0n) is 19.5. The molecule has 2 N–H and O–H groups in total. The molecule has 1 atom stereocenters. The number of piperidine rings is 1. The van der Waals surface area contributed by atoms with Gasteiger partial charge in [0.15, 0.2) is 5.65 Å². The third-order valence-corrected chi connectivity index (χ3v) is 6.51. The van der Waals surface area contributed by atoms with E-state index in [1.54, 1.807) is 35.0 Å². The van der Waals surface area contributed by atoms with E-state index in [0.717, 1.165) is 32.0 Å². The van der Waals surface area contributed by atoms with Crippen molar-refractivity contribution in [3.8, 4) is 17.0 Å². The van der Waals surface area contributed by atoms with E-state index in [9.17, 15) is 18.3 Å². The van der Waals surface area contributed by atoms with Gasteiger partial charge in [0.2, 0.25) is 0 Å². The first-order chi connectivity index (χ1) is 17.3. The van der Waals surface area contributed by atoms with E-state index in [1.165, 1.54) is 12.1 Å². The smallest absolute Gasteiger partial charge is 0.416 e. The second-order valence-electron chi connectivity index (χ2n) is 9.20. The third-order valence-electron chi connectivity index (χ3n) is 6.51. The van der Waals surface area contributed by atoms with Gasteiger partial charge >= 0.3 is 6.18 Å². The van der Waals surface area contributed by atoms with Crippen LogP contribution in [0.5, 0.6) is 5.75 Å². The number of benzene rings is 2. The van der Waals surface area contributed by atoms with Crippen LogP contribution < -0.4 is 10.8 Å². The summed E-state index contributed by atoms with van der Waals surface area (Å²) in [6, 6.07) is 14.4. The van der Waals surface area contributed by atoms with Gasteiger partial charge in [0.05, 0.1) is 11.3 Å². The molecule has 6 nitrogen and oxygen atoms in total. The molecule has 2 aromatic heterocycles. The summed E-state index contributed by atoms with van der Waals surface area (Å²) in [6.45, 7) is 2.75. The molecule has 1 saturated heterocycles. The minimum absolute atomic E-state index is 0.121. The number of aromatic nitrogens is 3. The predicted octanol–water partition coefficient (Wildman–Crippen LogP) is 4.24. The van der Waals surface area contributed by atoms with Crippen LogP contribution in [0.2, 0.25) is 0 Å². The summed E-state index contributed by atoms with van der Waals surface area (Å²) in [5, 5.41) is 18.1. The Balaban J connectivity index is 1.30. The quantitative estimate of drug-likeness (QED) is 0.395. The number of rotatable bonds is 6. The number of para-hydroxylation sites is 1. The summed E-state index contributed by atoms with van der Waals surface area (Å²) < 4.78 is 40.9. The largest absolute Gasteiger partial charge is 0.507 e. The highest BCUT2D eigenvalue weighted by atomic mass is 19.4. The lowest BCUT2D eigenvalue weighted by Crippen LogP contribution is -2.37. The summed E-state index contributed by atoms with van der Waals surface area (Å²) in [5.41, 5.74) is 2.14. The zero-order chi connectivity index (χ0) is 25.3. The van der Waals surface area contributed by atoms with Crippen molar-refractivity contribution in [2.24, 2.45) is 5.92 Å². The number of phenols is 1. The van der Waals surface area contributed by atoms with Gasteiger partial charge in [0.1, 0.15) is 19.4 Å². The lowest BCUT2D eigenvalue weighted by molar-refractivity contribution is -0.137. The van der Waals surface area contributed by atoms with Crippen molar-refractivity contribution in [3.63, 3.8) is 0 Å². The maximum absolute atomic E-state index is 13.1. The van der Waals surface area contributed by atoms with E-state index in [1.807, 2.05) is 12.1 Å². The lowest BCUT2D eigenvalue weighted by Gasteiger charge is -2.33. The molecule has 0 spiro atoms. The highest BCUT2D eigenvalue weighted by molar-refractivity contribution is 6.36. The zero-order valence-corrected chi connectivity index (χ0v) is 19.5. The van der Waals surface area contributed by atoms with Crippen molar-refractivity contribution < 1.29 is 18.3 Å². The second-order valence-corrected chi connectivity index (χ2v) is 9.20. The Labute approximate surface area is 208 Å². The molecule has 1 unspecified atom stereocenters. The number of aromatic hydroxyl groups is 1. The molecule has 184 valence electrons. The number of nitrogens with zero attached hydrogens (tertiary/aromatic N) is 4. The first-order valence-electron chi connectivity index (χ1n) is 11.8. The molecule has 0 aliphatic carbocycles. The van der Waals surface area contributed by atoms with Crippen LogP contribution in [-0.4, -0.2) is 52.1 Å². The van der Waals surface area contributed by atoms with E-state index >= 15 is 0 Å². The standard InChI is InChI=1S/C26H25BF3N5O/c27-21-14-32-35-24(12-22(33-25(21)35)20-8-1-2-9-23(20)36)31-13-18-6-4-10-34(16-18)15-17-5-3-7-19(11-17)26(28,29)30/h1-3,5,7-9,11-12,14,18,31,36H,4,6,10,13,15-16H2. The summed E-state index contributed by atoms with van der Waals surface area (Å²) in [4.78, 5) is 6.79. The van der Waals surface area contributed by atoms with Gasteiger partial charge < -0.3 is 10.4 Å². The minimum Gasteiger partial charge on any atom is -0.507 e. The molecule has 1 aliphatic heterocycles. The maximum atomic E-state index is 13.1. The molecule has 3 heterocycles. The fraction of sp³-hybridized carbons (Fsp3) is 0.308. The first-order valence-corrected chi connectivity index (χ1v) is 11.8. The van der Waals surface area contributed by atoms with E-state index in [2.05, 4.69) is 20.3 Å². The third kappa shape index (κ3) is 5.18. The Morgan fingerprint density at radius 3 is 2.75 bits per heavy atom. The number of nitrogens with one attached hydrogen (secondary N) is 1. The van der Waals surface area contributed by atoms with E-state index < -0.39 is 11.7 Å². The average molecular weight is 491 g/mol. The lowest BCUT2D eigenvalue weighted by atomic mass is 9.97. The first kappa shape index (κ1) is 24.2. The van der Waals surface area contributed by atoms with Crippen molar-refractivity contribution in [2.75, 3.05) is 25.0 Å². The SMILES string of the molecule is [B]c1cnn2c(NCC3CCCN(Cc4cccc(C(F)(F)F)c4)C3)cc(-c3ccccc3O)nc12. The number of halogens is 3. The van der Waals surface area contributed by atoms with Gasteiger partial charge in [-0.15, -0.1) is 0 Å². The Hall–Kier alpha value is -3.53. The molecule has 1 aliphatic rings. The number of hydrogen-bond donors (Lipinski definition) is 2. The molecule has 0 saturated carbocycles. The van der Waals surface area contributed by atoms with E-state index in [0.29, 0.717) is 52.8 Å². The van der Waals surface area contributed by atoms with Gasteiger partial charge in [-0.3, -0.25) is 4.90 Å². The molecular formula is C26H25BF3N5O. The topological polar surface area (TPSA) is 65.7 Å². The van der Waals surface area contributed by atoms with Crippen molar-refractivity contribution in [2.45, 2.75) is 25.6 Å². The number of hydrogen-bond acceptors (Lipinski definition) is 5. The Bertz CT molecular complexity index is 1370. The molecule has 10 heteroatoms. The van der Waals surface area contributed by atoms with Crippen LogP contribution in [-0.2, 0) is 12.7 Å². The van der Waals surface area contributed by atoms with Gasteiger partial charge in [0, 0.05) is 37.5 Å². The van der Waals surface area contributed by atoms with Crippen molar-refractivity contribution in [1.82, 2.24) is 19.5 Å². The minimum atomic E-state index is -4.34. The molecule has 0 bridgehead atoms. The molecule has 4 aromatic rings. The fourth-order valence-corrected chi connectivity index (χ4v) is 4.75. The highest BCUT2D eigenvalue weighted by Gasteiger charge is 2.30. The average Bonchev–Trinajstić information content (AvgIpc) is 3.23. The van der Waals surface area contributed by atoms with Crippen LogP contribution in [0, 0.1) is 5.92 Å². The maximum Gasteiger partial charge on any atom is 0.416 e. The van der Waals surface area contributed by atoms with Crippen molar-refractivity contribution in [3.05, 3.63) is 71.9 Å². The monoisotopic (exact) mass is 491 g/mol. The number of alkyl halides is 3. The van der Waals surface area contributed by atoms with Crippen LogP contribution in [0.15, 0.2) is 60.8 Å². The summed E-state index contributed by atoms with van der Waals surface area (Å²) >= 11 is 0. The van der Waals surface area contributed by atoms with Crippen LogP contribution >= 0.6 is 0 Å².